The molecule has 1 aliphatic rings. The fraction of sp³-hybridized carbons (Fsp3) is 0.304. The van der Waals surface area contributed by atoms with E-state index in [9.17, 15) is 9.59 Å². The number of rotatable bonds is 4. The number of ether oxygens (including phenoxy) is 1. The second-order valence-corrected chi connectivity index (χ2v) is 7.15. The normalized spacial score (nSPS) is 16.3. The van der Waals surface area contributed by atoms with Gasteiger partial charge in [-0.05, 0) is 31.0 Å². The molecule has 0 saturated carbocycles. The predicted octanol–water partition coefficient (Wildman–Crippen LogP) is 4.39. The quantitative estimate of drug-likeness (QED) is 0.677. The van der Waals surface area contributed by atoms with Crippen LogP contribution in [0.5, 0.6) is 5.75 Å². The van der Waals surface area contributed by atoms with E-state index in [4.69, 9.17) is 9.15 Å². The third-order valence-corrected chi connectivity index (χ3v) is 5.06. The molecule has 1 atom stereocenters. The number of para-hydroxylation sites is 2. The van der Waals surface area contributed by atoms with Crippen molar-refractivity contribution in [2.45, 2.75) is 38.8 Å². The van der Waals surface area contributed by atoms with Crippen LogP contribution in [0.1, 0.15) is 42.3 Å². The van der Waals surface area contributed by atoms with Crippen LogP contribution >= 0.6 is 0 Å². The van der Waals surface area contributed by atoms with Crippen molar-refractivity contribution in [1.82, 2.24) is 4.90 Å². The highest BCUT2D eigenvalue weighted by Crippen LogP contribution is 2.27. The molecule has 0 bridgehead atoms. The SMILES string of the molecule is CCCCC1CN(C(=O)c2cc(=O)c3ccccc3o2)Cc2ccccc2O1. The molecule has 0 aliphatic carbocycles. The fourth-order valence-electron chi connectivity index (χ4n) is 3.58. The van der Waals surface area contributed by atoms with E-state index >= 15 is 0 Å². The molecule has 2 heterocycles. The van der Waals surface area contributed by atoms with E-state index < -0.39 is 0 Å². The summed E-state index contributed by atoms with van der Waals surface area (Å²) in [7, 11) is 0. The molecule has 3 aromatic rings. The summed E-state index contributed by atoms with van der Waals surface area (Å²) < 4.78 is 12.0. The van der Waals surface area contributed by atoms with Crippen molar-refractivity contribution >= 4 is 16.9 Å². The molecular formula is C23H23NO4. The van der Waals surface area contributed by atoms with Crippen LogP contribution < -0.4 is 10.2 Å². The topological polar surface area (TPSA) is 59.8 Å². The van der Waals surface area contributed by atoms with Crippen molar-refractivity contribution in [3.8, 4) is 5.75 Å². The van der Waals surface area contributed by atoms with Crippen molar-refractivity contribution in [3.05, 3.63) is 76.1 Å². The first-order valence-electron chi connectivity index (χ1n) is 9.72. The molecule has 0 saturated heterocycles. The number of hydrogen-bond donors (Lipinski definition) is 0. The van der Waals surface area contributed by atoms with E-state index in [-0.39, 0.29) is 23.2 Å². The van der Waals surface area contributed by atoms with Gasteiger partial charge in [-0.25, -0.2) is 0 Å². The van der Waals surface area contributed by atoms with Gasteiger partial charge in [-0.3, -0.25) is 9.59 Å². The molecule has 5 heteroatoms. The summed E-state index contributed by atoms with van der Waals surface area (Å²) >= 11 is 0. The third-order valence-electron chi connectivity index (χ3n) is 5.06. The van der Waals surface area contributed by atoms with Crippen LogP contribution in [0, 0.1) is 0 Å². The van der Waals surface area contributed by atoms with E-state index in [2.05, 4.69) is 6.92 Å². The molecular weight excluding hydrogens is 354 g/mol. The molecule has 0 spiro atoms. The molecule has 1 unspecified atom stereocenters. The van der Waals surface area contributed by atoms with E-state index in [1.54, 1.807) is 29.2 Å². The highest BCUT2D eigenvalue weighted by Gasteiger charge is 2.28. The summed E-state index contributed by atoms with van der Waals surface area (Å²) in [6.45, 7) is 3.02. The van der Waals surface area contributed by atoms with Crippen molar-refractivity contribution < 1.29 is 13.9 Å². The van der Waals surface area contributed by atoms with Gasteiger partial charge in [0.25, 0.3) is 5.91 Å². The maximum absolute atomic E-state index is 13.2. The Bertz CT molecular complexity index is 1060. The molecule has 0 radical (unpaired) electrons. The Kier molecular flexibility index (Phi) is 5.15. The standard InChI is InChI=1S/C23H23NO4/c1-2-3-9-17-15-24(14-16-8-4-6-11-20(16)27-17)23(26)22-13-19(25)18-10-5-7-12-21(18)28-22/h4-8,10-13,17H,2-3,9,14-15H2,1H3. The number of fused-ring (bicyclic) bond motifs is 2. The average Bonchev–Trinajstić information content (AvgIpc) is 2.91. The van der Waals surface area contributed by atoms with Crippen molar-refractivity contribution in [2.75, 3.05) is 6.54 Å². The molecule has 144 valence electrons. The van der Waals surface area contributed by atoms with Crippen LogP contribution in [-0.2, 0) is 6.54 Å². The lowest BCUT2D eigenvalue weighted by Gasteiger charge is -2.23. The number of benzene rings is 2. The zero-order chi connectivity index (χ0) is 19.5. The molecule has 0 fully saturated rings. The highest BCUT2D eigenvalue weighted by molar-refractivity contribution is 5.93. The Morgan fingerprint density at radius 1 is 1.14 bits per heavy atom. The minimum Gasteiger partial charge on any atom is -0.488 e. The van der Waals surface area contributed by atoms with Gasteiger partial charge < -0.3 is 14.1 Å². The van der Waals surface area contributed by atoms with Gasteiger partial charge in [0.05, 0.1) is 11.9 Å². The maximum atomic E-state index is 13.2. The van der Waals surface area contributed by atoms with Crippen molar-refractivity contribution in [3.63, 3.8) is 0 Å². The summed E-state index contributed by atoms with van der Waals surface area (Å²) in [5.74, 6) is 0.598. The number of nitrogens with zero attached hydrogens (tertiary/aromatic N) is 1. The number of hydrogen-bond acceptors (Lipinski definition) is 4. The third kappa shape index (κ3) is 3.65. The molecule has 1 amide bonds. The van der Waals surface area contributed by atoms with Gasteiger partial charge in [0.1, 0.15) is 17.4 Å². The summed E-state index contributed by atoms with van der Waals surface area (Å²) in [6, 6.07) is 16.1. The number of unbranched alkanes of at least 4 members (excludes halogenated alkanes) is 1. The number of amides is 1. The molecule has 1 aromatic heterocycles. The predicted molar refractivity (Wildman–Crippen MR) is 108 cm³/mol. The largest absolute Gasteiger partial charge is 0.488 e. The monoisotopic (exact) mass is 377 g/mol. The Hall–Kier alpha value is -3.08. The zero-order valence-electron chi connectivity index (χ0n) is 15.9. The van der Waals surface area contributed by atoms with Crippen LogP contribution in [0.3, 0.4) is 0 Å². The molecule has 0 N–H and O–H groups in total. The van der Waals surface area contributed by atoms with Gasteiger partial charge in [0.15, 0.2) is 11.2 Å². The van der Waals surface area contributed by atoms with Crippen LogP contribution in [0.4, 0.5) is 0 Å². The van der Waals surface area contributed by atoms with Crippen LogP contribution in [0.2, 0.25) is 0 Å². The van der Waals surface area contributed by atoms with Crippen LogP contribution in [0.15, 0.2) is 63.8 Å². The minimum atomic E-state index is -0.287. The Balaban J connectivity index is 1.68. The first-order chi connectivity index (χ1) is 13.7. The average molecular weight is 377 g/mol. The summed E-state index contributed by atoms with van der Waals surface area (Å²) in [5, 5.41) is 0.476. The second kappa shape index (κ2) is 7.89. The lowest BCUT2D eigenvalue weighted by molar-refractivity contribution is 0.0637. The van der Waals surface area contributed by atoms with Crippen LogP contribution in [0.25, 0.3) is 11.0 Å². The van der Waals surface area contributed by atoms with Crippen LogP contribution in [-0.4, -0.2) is 23.5 Å². The Morgan fingerprint density at radius 2 is 1.93 bits per heavy atom. The molecule has 2 aromatic carbocycles. The van der Waals surface area contributed by atoms with E-state index in [1.807, 2.05) is 24.3 Å². The van der Waals surface area contributed by atoms with Gasteiger partial charge in [-0.2, -0.15) is 0 Å². The highest BCUT2D eigenvalue weighted by atomic mass is 16.5. The molecule has 28 heavy (non-hydrogen) atoms. The van der Waals surface area contributed by atoms with Crippen molar-refractivity contribution in [1.29, 1.82) is 0 Å². The summed E-state index contributed by atoms with van der Waals surface area (Å²) in [4.78, 5) is 27.3. The van der Waals surface area contributed by atoms with E-state index in [0.29, 0.717) is 24.1 Å². The Morgan fingerprint density at radius 3 is 2.79 bits per heavy atom. The lowest BCUT2D eigenvalue weighted by atomic mass is 10.1. The van der Waals surface area contributed by atoms with Crippen molar-refractivity contribution in [2.24, 2.45) is 0 Å². The number of carbonyl (C=O) groups excluding carboxylic acids is 1. The van der Waals surface area contributed by atoms with E-state index in [0.717, 1.165) is 30.6 Å². The molecule has 5 nitrogen and oxygen atoms in total. The van der Waals surface area contributed by atoms with Gasteiger partial charge in [-0.1, -0.05) is 43.7 Å². The maximum Gasteiger partial charge on any atom is 0.290 e. The second-order valence-electron chi connectivity index (χ2n) is 7.15. The summed E-state index contributed by atoms with van der Waals surface area (Å²) in [5.41, 5.74) is 1.17. The first-order valence-corrected chi connectivity index (χ1v) is 9.72. The molecule has 1 aliphatic heterocycles. The van der Waals surface area contributed by atoms with E-state index in [1.165, 1.54) is 6.07 Å². The smallest absolute Gasteiger partial charge is 0.290 e. The van der Waals surface area contributed by atoms with Gasteiger partial charge in [-0.15, -0.1) is 0 Å². The molecule has 4 rings (SSSR count). The number of carbonyl (C=O) groups is 1. The van der Waals surface area contributed by atoms with Gasteiger partial charge >= 0.3 is 0 Å². The zero-order valence-corrected chi connectivity index (χ0v) is 15.9. The Labute approximate surface area is 163 Å². The van der Waals surface area contributed by atoms with Gasteiger partial charge in [0.2, 0.25) is 0 Å². The lowest BCUT2D eigenvalue weighted by Crippen LogP contribution is -2.37. The van der Waals surface area contributed by atoms with Gasteiger partial charge in [0, 0.05) is 18.2 Å². The minimum absolute atomic E-state index is 0.0670. The summed E-state index contributed by atoms with van der Waals surface area (Å²) in [6.07, 6.45) is 2.88. The fourth-order valence-corrected chi connectivity index (χ4v) is 3.58. The first kappa shape index (κ1) is 18.3.